The van der Waals surface area contributed by atoms with Crippen molar-refractivity contribution in [2.45, 2.75) is 290 Å². The lowest BCUT2D eigenvalue weighted by Gasteiger charge is -2.25. The van der Waals surface area contributed by atoms with Gasteiger partial charge in [0.05, 0.1) is 6.10 Å². The molecule has 0 rings (SSSR count). The highest BCUT2D eigenvalue weighted by molar-refractivity contribution is 5.69. The van der Waals surface area contributed by atoms with Crippen LogP contribution in [0.15, 0.2) is 0 Å². The van der Waals surface area contributed by atoms with Gasteiger partial charge in [-0.15, -0.1) is 0 Å². The third kappa shape index (κ3) is 40.2. The van der Waals surface area contributed by atoms with E-state index in [0.29, 0.717) is 19.4 Å². The monoisotopic (exact) mass is 824 g/mol. The molecule has 0 saturated heterocycles. The standard InChI is InChI=1S/C51H101NO6/c1-5-9-13-16-20-28-38-48(37-12-8-4)57-51(56)42-32-25-27-36-47(54)46-52(44-34-26-35-45-53)43-33-24-19-23-31-41-50(55)58-49(39-29-21-17-14-10-6-2)40-30-22-18-15-11-7-3/h47-49,53-54H,5-46H2,1-4H3/t47-,48?/m1/s1. The number of esters is 2. The predicted octanol–water partition coefficient (Wildman–Crippen LogP) is 14.4. The first kappa shape index (κ1) is 56.8. The summed E-state index contributed by atoms with van der Waals surface area (Å²) in [7, 11) is 0. The smallest absolute Gasteiger partial charge is 0.306 e. The van der Waals surface area contributed by atoms with Crippen molar-refractivity contribution >= 4 is 11.9 Å². The molecule has 7 nitrogen and oxygen atoms in total. The second kappa shape index (κ2) is 45.3. The third-order valence-electron chi connectivity index (χ3n) is 12.0. The molecular formula is C51H101NO6. The van der Waals surface area contributed by atoms with E-state index >= 15 is 0 Å². The Labute approximate surface area is 361 Å². The molecule has 0 bridgehead atoms. The van der Waals surface area contributed by atoms with E-state index in [0.717, 1.165) is 135 Å². The zero-order valence-corrected chi connectivity index (χ0v) is 39.4. The molecule has 0 aliphatic rings. The lowest BCUT2D eigenvalue weighted by molar-refractivity contribution is -0.151. The maximum absolute atomic E-state index is 12.8. The molecule has 0 radical (unpaired) electrons. The summed E-state index contributed by atoms with van der Waals surface area (Å²) in [5.41, 5.74) is 0. The highest BCUT2D eigenvalue weighted by Crippen LogP contribution is 2.20. The fraction of sp³-hybridized carbons (Fsp3) is 0.961. The zero-order chi connectivity index (χ0) is 42.6. The summed E-state index contributed by atoms with van der Waals surface area (Å²) < 4.78 is 12.0. The number of aliphatic hydroxyl groups is 2. The minimum atomic E-state index is -0.363. The molecule has 0 aliphatic heterocycles. The summed E-state index contributed by atoms with van der Waals surface area (Å²) in [6.07, 6.45) is 41.6. The summed E-state index contributed by atoms with van der Waals surface area (Å²) in [5.74, 6) is -0.0485. The van der Waals surface area contributed by atoms with E-state index in [1.54, 1.807) is 0 Å². The minimum absolute atomic E-state index is 0.000193. The fourth-order valence-electron chi connectivity index (χ4n) is 8.17. The Morgan fingerprint density at radius 1 is 0.414 bits per heavy atom. The van der Waals surface area contributed by atoms with Gasteiger partial charge in [0.15, 0.2) is 0 Å². The molecule has 58 heavy (non-hydrogen) atoms. The maximum atomic E-state index is 12.8. The van der Waals surface area contributed by atoms with Gasteiger partial charge in [-0.1, -0.05) is 169 Å². The Morgan fingerprint density at radius 3 is 1.17 bits per heavy atom. The first-order valence-corrected chi connectivity index (χ1v) is 25.8. The molecule has 0 spiro atoms. The van der Waals surface area contributed by atoms with E-state index in [1.807, 2.05) is 0 Å². The number of ether oxygens (including phenoxy) is 2. The lowest BCUT2D eigenvalue weighted by atomic mass is 10.0. The van der Waals surface area contributed by atoms with Crippen LogP contribution in [0.5, 0.6) is 0 Å². The average Bonchev–Trinajstić information content (AvgIpc) is 3.21. The van der Waals surface area contributed by atoms with Crippen molar-refractivity contribution in [1.29, 1.82) is 0 Å². The number of carbonyl (C=O) groups is 2. The van der Waals surface area contributed by atoms with Gasteiger partial charge in [-0.05, 0) is 103 Å². The normalized spacial score (nSPS) is 12.8. The van der Waals surface area contributed by atoms with Gasteiger partial charge >= 0.3 is 11.9 Å². The molecule has 0 aliphatic carbocycles. The number of aliphatic hydroxyl groups excluding tert-OH is 2. The Hall–Kier alpha value is -1.18. The Balaban J connectivity index is 4.45. The van der Waals surface area contributed by atoms with Crippen LogP contribution in [0.2, 0.25) is 0 Å². The molecule has 0 heterocycles. The Kier molecular flexibility index (Phi) is 44.4. The van der Waals surface area contributed by atoms with Gasteiger partial charge < -0.3 is 24.6 Å². The molecule has 0 aromatic rings. The predicted molar refractivity (Wildman–Crippen MR) is 247 cm³/mol. The van der Waals surface area contributed by atoms with Crippen molar-refractivity contribution < 1.29 is 29.3 Å². The molecule has 2 N–H and O–H groups in total. The van der Waals surface area contributed by atoms with Crippen molar-refractivity contribution in [1.82, 2.24) is 4.90 Å². The second-order valence-corrected chi connectivity index (χ2v) is 17.9. The number of rotatable bonds is 47. The topological polar surface area (TPSA) is 96.3 Å². The van der Waals surface area contributed by atoms with Gasteiger partial charge in [0.2, 0.25) is 0 Å². The van der Waals surface area contributed by atoms with E-state index in [-0.39, 0.29) is 36.9 Å². The summed E-state index contributed by atoms with van der Waals surface area (Å²) in [4.78, 5) is 27.9. The first-order valence-electron chi connectivity index (χ1n) is 25.8. The molecule has 0 aromatic carbocycles. The van der Waals surface area contributed by atoms with E-state index < -0.39 is 0 Å². The number of carbonyl (C=O) groups excluding carboxylic acids is 2. The third-order valence-corrected chi connectivity index (χ3v) is 12.0. The number of unbranched alkanes of at least 4 members (excludes halogenated alkanes) is 24. The van der Waals surface area contributed by atoms with Gasteiger partial charge in [0, 0.05) is 26.0 Å². The summed E-state index contributed by atoms with van der Waals surface area (Å²) in [6, 6.07) is 0. The minimum Gasteiger partial charge on any atom is -0.462 e. The van der Waals surface area contributed by atoms with Crippen molar-refractivity contribution in [3.05, 3.63) is 0 Å². The largest absolute Gasteiger partial charge is 0.462 e. The van der Waals surface area contributed by atoms with Gasteiger partial charge in [-0.3, -0.25) is 9.59 Å². The van der Waals surface area contributed by atoms with Crippen molar-refractivity contribution in [2.24, 2.45) is 0 Å². The first-order chi connectivity index (χ1) is 28.4. The highest BCUT2D eigenvalue weighted by atomic mass is 16.5. The van der Waals surface area contributed by atoms with Crippen LogP contribution in [0.4, 0.5) is 0 Å². The fourth-order valence-corrected chi connectivity index (χ4v) is 8.17. The highest BCUT2D eigenvalue weighted by Gasteiger charge is 2.16. The SMILES string of the molecule is CCCCCCCCC(CCCC)OC(=O)CCCCC[C@@H](O)CN(CCCCCO)CCCCCCCC(=O)OC(CCCCCCCC)CCCCCCCC. The number of hydrogen-bond acceptors (Lipinski definition) is 7. The van der Waals surface area contributed by atoms with E-state index in [9.17, 15) is 19.8 Å². The quantitative estimate of drug-likeness (QED) is 0.0466. The second-order valence-electron chi connectivity index (χ2n) is 17.9. The molecule has 0 amide bonds. The molecule has 0 aromatic heterocycles. The van der Waals surface area contributed by atoms with Gasteiger partial charge in [-0.2, -0.15) is 0 Å². The van der Waals surface area contributed by atoms with Crippen molar-refractivity contribution in [3.63, 3.8) is 0 Å². The van der Waals surface area contributed by atoms with Crippen molar-refractivity contribution in [2.75, 3.05) is 26.2 Å². The van der Waals surface area contributed by atoms with Crippen LogP contribution >= 0.6 is 0 Å². The van der Waals surface area contributed by atoms with Crippen molar-refractivity contribution in [3.8, 4) is 0 Å². The summed E-state index contributed by atoms with van der Waals surface area (Å²) >= 11 is 0. The van der Waals surface area contributed by atoms with E-state index in [4.69, 9.17) is 9.47 Å². The molecule has 2 atom stereocenters. The summed E-state index contributed by atoms with van der Waals surface area (Å²) in [5, 5.41) is 20.2. The van der Waals surface area contributed by atoms with Crippen LogP contribution in [0.1, 0.15) is 272 Å². The lowest BCUT2D eigenvalue weighted by Crippen LogP contribution is -2.34. The van der Waals surface area contributed by atoms with Crippen LogP contribution in [0, 0.1) is 0 Å². The molecule has 1 unspecified atom stereocenters. The summed E-state index contributed by atoms with van der Waals surface area (Å²) in [6.45, 7) is 11.8. The van der Waals surface area contributed by atoms with E-state index in [2.05, 4.69) is 32.6 Å². The molecule has 7 heteroatoms. The maximum Gasteiger partial charge on any atom is 0.306 e. The van der Waals surface area contributed by atoms with Crippen LogP contribution < -0.4 is 0 Å². The van der Waals surface area contributed by atoms with Crippen LogP contribution in [0.3, 0.4) is 0 Å². The van der Waals surface area contributed by atoms with Crippen LogP contribution in [-0.2, 0) is 19.1 Å². The zero-order valence-electron chi connectivity index (χ0n) is 39.4. The molecule has 346 valence electrons. The number of nitrogens with zero attached hydrogens (tertiary/aromatic N) is 1. The van der Waals surface area contributed by atoms with Crippen LogP contribution in [-0.4, -0.2) is 71.6 Å². The molecule has 0 fully saturated rings. The Morgan fingerprint density at radius 2 is 0.741 bits per heavy atom. The van der Waals surface area contributed by atoms with Gasteiger partial charge in [0.1, 0.15) is 12.2 Å². The molecule has 0 saturated carbocycles. The van der Waals surface area contributed by atoms with Gasteiger partial charge in [-0.25, -0.2) is 0 Å². The van der Waals surface area contributed by atoms with Gasteiger partial charge in [0.25, 0.3) is 0 Å². The van der Waals surface area contributed by atoms with Crippen LogP contribution in [0.25, 0.3) is 0 Å². The average molecular weight is 824 g/mol. The van der Waals surface area contributed by atoms with E-state index in [1.165, 1.54) is 109 Å². The molecular weight excluding hydrogens is 723 g/mol. The number of hydrogen-bond donors (Lipinski definition) is 2. The Bertz CT molecular complexity index is 839.